The first kappa shape index (κ1) is 19.4. The highest BCUT2D eigenvalue weighted by Gasteiger charge is 2.56. The van der Waals surface area contributed by atoms with Crippen molar-refractivity contribution < 1.29 is 14.3 Å². The van der Waals surface area contributed by atoms with Gasteiger partial charge in [0.2, 0.25) is 5.91 Å². The maximum absolute atomic E-state index is 13.2. The summed E-state index contributed by atoms with van der Waals surface area (Å²) in [5, 5.41) is 3.12. The first-order valence-electron chi connectivity index (χ1n) is 9.63. The van der Waals surface area contributed by atoms with Crippen LogP contribution in [0.2, 0.25) is 0 Å². The van der Waals surface area contributed by atoms with Gasteiger partial charge in [-0.05, 0) is 37.0 Å². The van der Waals surface area contributed by atoms with Crippen molar-refractivity contribution in [2.45, 2.75) is 90.7 Å². The molecule has 0 heterocycles. The molecule has 2 aliphatic carbocycles. The number of hydrogen-bond donors (Lipinski definition) is 1. The van der Waals surface area contributed by atoms with E-state index in [2.05, 4.69) is 5.32 Å². The van der Waals surface area contributed by atoms with Gasteiger partial charge < -0.3 is 10.1 Å². The number of amides is 1. The minimum absolute atomic E-state index is 0.0305. The molecule has 2 aliphatic rings. The number of ether oxygens (including phenoxy) is 1. The second-order valence-corrected chi connectivity index (χ2v) is 8.77. The van der Waals surface area contributed by atoms with Crippen LogP contribution in [0.4, 0.5) is 0 Å². The van der Waals surface area contributed by atoms with Gasteiger partial charge in [0.25, 0.3) is 0 Å². The Hall–Kier alpha value is -0.900. The van der Waals surface area contributed by atoms with Gasteiger partial charge in [-0.3, -0.25) is 9.59 Å². The molecule has 0 saturated heterocycles. The molecule has 0 spiro atoms. The fourth-order valence-corrected chi connectivity index (χ4v) is 4.33. The molecule has 2 saturated carbocycles. The van der Waals surface area contributed by atoms with Crippen molar-refractivity contribution in [1.82, 2.24) is 5.32 Å². The lowest BCUT2D eigenvalue weighted by Gasteiger charge is -2.37. The predicted octanol–water partition coefficient (Wildman–Crippen LogP) is 3.87. The van der Waals surface area contributed by atoms with E-state index in [1.54, 1.807) is 7.11 Å². The van der Waals surface area contributed by atoms with Crippen molar-refractivity contribution in [2.24, 2.45) is 17.3 Å². The van der Waals surface area contributed by atoms with E-state index in [9.17, 15) is 9.59 Å². The third-order valence-electron chi connectivity index (χ3n) is 5.94. The monoisotopic (exact) mass is 337 g/mol. The van der Waals surface area contributed by atoms with Crippen molar-refractivity contribution in [3.8, 4) is 0 Å². The third kappa shape index (κ3) is 4.19. The van der Waals surface area contributed by atoms with E-state index in [-0.39, 0.29) is 28.6 Å². The lowest BCUT2D eigenvalue weighted by atomic mass is 9.75. The number of carbonyl (C=O) groups is 2. The van der Waals surface area contributed by atoms with E-state index in [1.165, 1.54) is 19.3 Å². The summed E-state index contributed by atoms with van der Waals surface area (Å²) < 4.78 is 5.79. The molecular weight excluding hydrogens is 302 g/mol. The van der Waals surface area contributed by atoms with Crippen molar-refractivity contribution in [1.29, 1.82) is 0 Å². The molecule has 0 aromatic rings. The van der Waals surface area contributed by atoms with Crippen LogP contribution < -0.4 is 5.32 Å². The van der Waals surface area contributed by atoms with Crippen LogP contribution in [0.1, 0.15) is 79.1 Å². The van der Waals surface area contributed by atoms with E-state index in [1.807, 2.05) is 27.7 Å². The average molecular weight is 338 g/mol. The zero-order chi connectivity index (χ0) is 18.0. The lowest BCUT2D eigenvalue weighted by Crippen LogP contribution is -2.54. The topological polar surface area (TPSA) is 55.4 Å². The van der Waals surface area contributed by atoms with Gasteiger partial charge in [-0.2, -0.15) is 0 Å². The molecule has 2 atom stereocenters. The lowest BCUT2D eigenvalue weighted by molar-refractivity contribution is -0.139. The second-order valence-electron chi connectivity index (χ2n) is 8.77. The zero-order valence-electron chi connectivity index (χ0n) is 16.1. The average Bonchev–Trinajstić information content (AvgIpc) is 3.33. The standard InChI is InChI=1S/C20H35NO3/c1-6-15(22)17(19(2,3)4)21-18(23)16(20(24-5)12-13-20)14-10-8-7-9-11-14/h14,16-17H,6-13H2,1-5H3,(H,21,23). The predicted molar refractivity (Wildman–Crippen MR) is 95.7 cm³/mol. The summed E-state index contributed by atoms with van der Waals surface area (Å²) in [5.74, 6) is 0.416. The molecule has 0 aromatic heterocycles. The van der Waals surface area contributed by atoms with Gasteiger partial charge in [0.05, 0.1) is 17.6 Å². The summed E-state index contributed by atoms with van der Waals surface area (Å²) in [6.07, 6.45) is 8.24. The molecule has 4 nitrogen and oxygen atoms in total. The molecule has 1 N–H and O–H groups in total. The van der Waals surface area contributed by atoms with Crippen LogP contribution in [-0.4, -0.2) is 30.4 Å². The fraction of sp³-hybridized carbons (Fsp3) is 0.900. The summed E-state index contributed by atoms with van der Waals surface area (Å²) in [5.41, 5.74) is -0.562. The van der Waals surface area contributed by atoms with E-state index in [4.69, 9.17) is 4.74 Å². The van der Waals surface area contributed by atoms with Gasteiger partial charge in [-0.1, -0.05) is 47.0 Å². The molecule has 2 fully saturated rings. The maximum atomic E-state index is 13.2. The minimum atomic E-state index is -0.422. The largest absolute Gasteiger partial charge is 0.377 e. The molecule has 0 radical (unpaired) electrons. The Labute approximate surface area is 147 Å². The molecule has 0 aliphatic heterocycles. The Morgan fingerprint density at radius 3 is 2.17 bits per heavy atom. The first-order chi connectivity index (χ1) is 11.2. The van der Waals surface area contributed by atoms with Crippen LogP contribution in [0.3, 0.4) is 0 Å². The summed E-state index contributed by atoms with van der Waals surface area (Å²) in [6, 6.07) is -0.422. The summed E-state index contributed by atoms with van der Waals surface area (Å²) >= 11 is 0. The van der Waals surface area contributed by atoms with Crippen LogP contribution in [0.15, 0.2) is 0 Å². The number of carbonyl (C=O) groups excluding carboxylic acids is 2. The zero-order valence-corrected chi connectivity index (χ0v) is 16.1. The van der Waals surface area contributed by atoms with Gasteiger partial charge in [0, 0.05) is 13.5 Å². The quantitative estimate of drug-likeness (QED) is 0.767. The highest BCUT2D eigenvalue weighted by Crippen LogP contribution is 2.51. The van der Waals surface area contributed by atoms with Crippen LogP contribution in [-0.2, 0) is 14.3 Å². The Morgan fingerprint density at radius 2 is 1.75 bits per heavy atom. The van der Waals surface area contributed by atoms with Crippen LogP contribution in [0.5, 0.6) is 0 Å². The number of rotatable bonds is 7. The molecule has 1 amide bonds. The molecule has 0 bridgehead atoms. The Morgan fingerprint density at radius 1 is 1.17 bits per heavy atom. The number of ketones is 1. The third-order valence-corrected chi connectivity index (χ3v) is 5.94. The maximum Gasteiger partial charge on any atom is 0.226 e. The highest BCUT2D eigenvalue weighted by molar-refractivity contribution is 5.91. The normalized spacial score (nSPS) is 23.4. The van der Waals surface area contributed by atoms with E-state index >= 15 is 0 Å². The molecule has 138 valence electrons. The molecule has 4 heteroatoms. The number of methoxy groups -OCH3 is 1. The Kier molecular flexibility index (Phi) is 6.11. The minimum Gasteiger partial charge on any atom is -0.377 e. The molecule has 2 unspecified atom stereocenters. The molecular formula is C20H35NO3. The molecule has 2 rings (SSSR count). The van der Waals surface area contributed by atoms with Crippen molar-refractivity contribution in [2.75, 3.05) is 7.11 Å². The van der Waals surface area contributed by atoms with Crippen molar-refractivity contribution in [3.05, 3.63) is 0 Å². The van der Waals surface area contributed by atoms with Gasteiger partial charge >= 0.3 is 0 Å². The molecule has 0 aromatic carbocycles. The number of nitrogens with one attached hydrogen (secondary N) is 1. The van der Waals surface area contributed by atoms with Gasteiger partial charge in [0.1, 0.15) is 0 Å². The van der Waals surface area contributed by atoms with E-state index in [0.717, 1.165) is 25.7 Å². The summed E-state index contributed by atoms with van der Waals surface area (Å²) in [4.78, 5) is 25.6. The van der Waals surface area contributed by atoms with Crippen LogP contribution >= 0.6 is 0 Å². The fourth-order valence-electron chi connectivity index (χ4n) is 4.33. The molecule has 24 heavy (non-hydrogen) atoms. The van der Waals surface area contributed by atoms with Crippen LogP contribution in [0, 0.1) is 17.3 Å². The van der Waals surface area contributed by atoms with E-state index < -0.39 is 6.04 Å². The van der Waals surface area contributed by atoms with E-state index in [0.29, 0.717) is 12.3 Å². The Balaban J connectivity index is 2.19. The smallest absolute Gasteiger partial charge is 0.226 e. The summed E-state index contributed by atoms with van der Waals surface area (Å²) in [7, 11) is 1.73. The van der Waals surface area contributed by atoms with Gasteiger partial charge in [-0.25, -0.2) is 0 Å². The van der Waals surface area contributed by atoms with Gasteiger partial charge in [0.15, 0.2) is 5.78 Å². The highest BCUT2D eigenvalue weighted by atomic mass is 16.5. The van der Waals surface area contributed by atoms with Crippen LogP contribution in [0.25, 0.3) is 0 Å². The number of hydrogen-bond acceptors (Lipinski definition) is 3. The second kappa shape index (κ2) is 7.55. The van der Waals surface area contributed by atoms with Crippen molar-refractivity contribution in [3.63, 3.8) is 0 Å². The van der Waals surface area contributed by atoms with Gasteiger partial charge in [-0.15, -0.1) is 0 Å². The van der Waals surface area contributed by atoms with Crippen molar-refractivity contribution >= 4 is 11.7 Å². The Bertz CT molecular complexity index is 456. The SMILES string of the molecule is CCC(=O)C(NC(=O)C(C1CCCCC1)C1(OC)CC1)C(C)(C)C. The first-order valence-corrected chi connectivity index (χ1v) is 9.63. The summed E-state index contributed by atoms with van der Waals surface area (Å²) in [6.45, 7) is 7.92. The number of Topliss-reactive ketones (excluding diaryl/α,β-unsaturated/α-hetero) is 1.